The Balaban J connectivity index is 2.52. The summed E-state index contributed by atoms with van der Waals surface area (Å²) >= 11 is 0. The first-order chi connectivity index (χ1) is 5.95. The van der Waals surface area contributed by atoms with Crippen LogP contribution in [0.25, 0.3) is 11.8 Å². The van der Waals surface area contributed by atoms with Crippen LogP contribution in [0.2, 0.25) is 0 Å². The first-order valence-corrected chi connectivity index (χ1v) is 4.21. The van der Waals surface area contributed by atoms with Gasteiger partial charge in [0.15, 0.2) is 0 Å². The molecule has 1 aromatic rings. The van der Waals surface area contributed by atoms with E-state index in [1.807, 2.05) is 0 Å². The minimum Gasteiger partial charge on any atom is -0.381 e. The molecule has 1 heterocycles. The van der Waals surface area contributed by atoms with Gasteiger partial charge in [-0.05, 0) is 16.9 Å². The zero-order valence-corrected chi connectivity index (χ0v) is 6.67. The van der Waals surface area contributed by atoms with Crippen molar-refractivity contribution in [2.75, 3.05) is 6.54 Å². The number of hydrogen-bond acceptors (Lipinski definition) is 1. The minimum absolute atomic E-state index is 0.982. The molecule has 1 heteroatoms. The third-order valence-corrected chi connectivity index (χ3v) is 2.43. The van der Waals surface area contributed by atoms with E-state index in [0.717, 1.165) is 6.54 Å². The van der Waals surface area contributed by atoms with Crippen molar-refractivity contribution in [1.82, 2.24) is 5.32 Å². The lowest BCUT2D eigenvalue weighted by Crippen LogP contribution is -2.25. The van der Waals surface area contributed by atoms with Gasteiger partial charge in [0, 0.05) is 17.5 Å². The lowest BCUT2D eigenvalue weighted by Gasteiger charge is -1.95. The van der Waals surface area contributed by atoms with Gasteiger partial charge in [-0.2, -0.15) is 0 Å². The van der Waals surface area contributed by atoms with Crippen molar-refractivity contribution in [1.29, 1.82) is 0 Å². The van der Waals surface area contributed by atoms with Gasteiger partial charge < -0.3 is 5.32 Å². The molecule has 1 aliphatic heterocycles. The van der Waals surface area contributed by atoms with E-state index in [1.54, 1.807) is 0 Å². The molecule has 0 unspecified atom stereocenters. The number of hydrogen-bond donors (Lipinski definition) is 1. The van der Waals surface area contributed by atoms with Gasteiger partial charge in [0.05, 0.1) is 0 Å². The van der Waals surface area contributed by atoms with Gasteiger partial charge in [0.1, 0.15) is 0 Å². The smallest absolute Gasteiger partial charge is 0.0493 e. The van der Waals surface area contributed by atoms with Crippen molar-refractivity contribution in [3.8, 4) is 0 Å². The van der Waals surface area contributed by atoms with Crippen LogP contribution in [0.5, 0.6) is 0 Å². The zero-order valence-electron chi connectivity index (χ0n) is 6.67. The van der Waals surface area contributed by atoms with Crippen LogP contribution in [-0.2, 0) is 0 Å². The molecule has 1 nitrogen and oxygen atoms in total. The molecule has 0 aromatic heterocycles. The van der Waals surface area contributed by atoms with E-state index in [9.17, 15) is 0 Å². The summed E-state index contributed by atoms with van der Waals surface area (Å²) in [5, 5.41) is 6.05. The van der Waals surface area contributed by atoms with Gasteiger partial charge in [0.2, 0.25) is 0 Å². The molecule has 0 amide bonds. The van der Waals surface area contributed by atoms with Gasteiger partial charge >= 0.3 is 0 Å². The van der Waals surface area contributed by atoms with E-state index >= 15 is 0 Å². The normalized spacial score (nSPS) is 17.7. The predicted molar refractivity (Wildman–Crippen MR) is 49.7 cm³/mol. The Morgan fingerprint density at radius 1 is 1.17 bits per heavy atom. The lowest BCUT2D eigenvalue weighted by atomic mass is 10.2. The molecule has 0 saturated heterocycles. The summed E-state index contributed by atoms with van der Waals surface area (Å²) in [5.41, 5.74) is 2.67. The second-order valence-corrected chi connectivity index (χ2v) is 3.15. The third kappa shape index (κ3) is 0.632. The first-order valence-electron chi connectivity index (χ1n) is 4.21. The minimum atomic E-state index is 0.982. The highest BCUT2D eigenvalue weighted by molar-refractivity contribution is 5.82. The maximum atomic E-state index is 3.37. The fourth-order valence-corrected chi connectivity index (χ4v) is 1.87. The molecule has 0 spiro atoms. The van der Waals surface area contributed by atoms with Crippen molar-refractivity contribution >= 4 is 11.8 Å². The molecule has 0 atom stereocenters. The average Bonchev–Trinajstić information content (AvgIpc) is 2.62. The number of rotatable bonds is 0. The molecular weight excluding hydrogens is 146 g/mol. The monoisotopic (exact) mass is 155 g/mol. The zero-order chi connectivity index (χ0) is 7.97. The Morgan fingerprint density at radius 3 is 3.08 bits per heavy atom. The molecule has 0 bridgehead atoms. The molecule has 1 aliphatic carbocycles. The van der Waals surface area contributed by atoms with Crippen molar-refractivity contribution in [2.24, 2.45) is 0 Å². The predicted octanol–water partition coefficient (Wildman–Crippen LogP) is 0.119. The number of benzene rings is 1. The van der Waals surface area contributed by atoms with Crippen LogP contribution in [-0.4, -0.2) is 6.54 Å². The van der Waals surface area contributed by atoms with Crippen molar-refractivity contribution in [2.45, 2.75) is 0 Å². The summed E-state index contributed by atoms with van der Waals surface area (Å²) < 4.78 is 0. The third-order valence-electron chi connectivity index (χ3n) is 2.43. The highest BCUT2D eigenvalue weighted by Crippen LogP contribution is 2.15. The van der Waals surface area contributed by atoms with Crippen LogP contribution in [0, 0.1) is 0 Å². The molecule has 12 heavy (non-hydrogen) atoms. The van der Waals surface area contributed by atoms with Gasteiger partial charge in [0.25, 0.3) is 0 Å². The van der Waals surface area contributed by atoms with Crippen LogP contribution in [0.15, 0.2) is 35.9 Å². The topological polar surface area (TPSA) is 12.0 Å². The molecule has 0 saturated carbocycles. The summed E-state index contributed by atoms with van der Waals surface area (Å²) in [6.45, 7) is 0.982. The molecule has 0 fully saturated rings. The van der Waals surface area contributed by atoms with E-state index in [0.29, 0.717) is 0 Å². The molecular formula is C11H9N. The fourth-order valence-electron chi connectivity index (χ4n) is 1.87. The Hall–Kier alpha value is -1.50. The summed E-state index contributed by atoms with van der Waals surface area (Å²) in [4.78, 5) is 0. The molecule has 1 aromatic carbocycles. The van der Waals surface area contributed by atoms with E-state index in [1.165, 1.54) is 21.7 Å². The van der Waals surface area contributed by atoms with Crippen LogP contribution < -0.4 is 15.8 Å². The largest absolute Gasteiger partial charge is 0.381 e. The first kappa shape index (κ1) is 6.06. The Bertz CT molecular complexity index is 480. The van der Waals surface area contributed by atoms with Gasteiger partial charge in [-0.3, -0.25) is 0 Å². The Kier molecular flexibility index (Phi) is 1.01. The lowest BCUT2D eigenvalue weighted by molar-refractivity contribution is 1.05. The van der Waals surface area contributed by atoms with E-state index in [4.69, 9.17) is 0 Å². The Labute approximate surface area is 70.7 Å². The summed E-state index contributed by atoms with van der Waals surface area (Å²) in [6, 6.07) is 8.49. The SMILES string of the molecule is C1=C2C=c3ccccc3=C2NC1. The van der Waals surface area contributed by atoms with Crippen LogP contribution in [0.1, 0.15) is 0 Å². The average molecular weight is 155 g/mol. The molecule has 0 radical (unpaired) electrons. The van der Waals surface area contributed by atoms with Crippen molar-refractivity contribution < 1.29 is 0 Å². The van der Waals surface area contributed by atoms with Crippen LogP contribution in [0.4, 0.5) is 0 Å². The van der Waals surface area contributed by atoms with Crippen molar-refractivity contribution in [3.63, 3.8) is 0 Å². The van der Waals surface area contributed by atoms with Crippen LogP contribution in [0.3, 0.4) is 0 Å². The highest BCUT2D eigenvalue weighted by atomic mass is 14.9. The Morgan fingerprint density at radius 2 is 2.08 bits per heavy atom. The quantitative estimate of drug-likeness (QED) is 0.561. The second-order valence-electron chi connectivity index (χ2n) is 3.15. The summed E-state index contributed by atoms with van der Waals surface area (Å²) in [6.07, 6.45) is 4.47. The van der Waals surface area contributed by atoms with Gasteiger partial charge in [-0.25, -0.2) is 0 Å². The summed E-state index contributed by atoms with van der Waals surface area (Å²) in [7, 11) is 0. The van der Waals surface area contributed by atoms with Gasteiger partial charge in [-0.15, -0.1) is 0 Å². The van der Waals surface area contributed by atoms with E-state index in [2.05, 4.69) is 41.7 Å². The van der Waals surface area contributed by atoms with Crippen molar-refractivity contribution in [3.05, 3.63) is 46.4 Å². The standard InChI is InChI=1S/C11H9N/c1-2-4-10-8(3-1)7-9-5-6-12-11(9)10/h1-5,7,12H,6H2. The van der Waals surface area contributed by atoms with Gasteiger partial charge in [-0.1, -0.05) is 30.3 Å². The maximum absolute atomic E-state index is 3.37. The molecule has 58 valence electrons. The van der Waals surface area contributed by atoms with Crippen LogP contribution >= 0.6 is 0 Å². The molecule has 3 rings (SSSR count). The number of fused-ring (bicyclic) bond motifs is 2. The molecule has 2 aliphatic rings. The summed E-state index contributed by atoms with van der Waals surface area (Å²) in [5.74, 6) is 0. The van der Waals surface area contributed by atoms with E-state index in [-0.39, 0.29) is 0 Å². The van der Waals surface area contributed by atoms with E-state index < -0.39 is 0 Å². The fraction of sp³-hybridized carbons (Fsp3) is 0.0909. The maximum Gasteiger partial charge on any atom is 0.0493 e. The molecule has 1 N–H and O–H groups in total. The number of nitrogens with one attached hydrogen (secondary N) is 1. The highest BCUT2D eigenvalue weighted by Gasteiger charge is 2.13. The second kappa shape index (κ2) is 2.01.